The number of rotatable bonds is 3. The third kappa shape index (κ3) is 2.39. The van der Waals surface area contributed by atoms with Crippen molar-refractivity contribution >= 4 is 17.8 Å². The average Bonchev–Trinajstić information content (AvgIpc) is 3.06. The van der Waals surface area contributed by atoms with Crippen LogP contribution in [0.5, 0.6) is 0 Å². The van der Waals surface area contributed by atoms with Gasteiger partial charge in [-0.15, -0.1) is 0 Å². The second-order valence-electron chi connectivity index (χ2n) is 5.88. The molecule has 0 aliphatic carbocycles. The summed E-state index contributed by atoms with van der Waals surface area (Å²) in [5, 5.41) is 3.07. The van der Waals surface area contributed by atoms with E-state index in [1.165, 1.54) is 25.7 Å². The average molecular weight is 276 g/mol. The maximum atomic E-state index is 4.74. The van der Waals surface area contributed by atoms with Crippen LogP contribution in [0.25, 0.3) is 0 Å². The van der Waals surface area contributed by atoms with Crippen molar-refractivity contribution in [3.05, 3.63) is 0 Å². The Morgan fingerprint density at radius 1 is 0.900 bits per heavy atom. The lowest BCUT2D eigenvalue weighted by atomic mass is 10.2. The van der Waals surface area contributed by atoms with E-state index in [0.29, 0.717) is 18.0 Å². The van der Waals surface area contributed by atoms with Crippen LogP contribution in [0.4, 0.5) is 17.8 Å². The Bertz CT molecular complexity index is 438. The maximum absolute atomic E-state index is 4.74. The molecule has 110 valence electrons. The summed E-state index contributed by atoms with van der Waals surface area (Å²) in [6, 6.07) is 1.04. The van der Waals surface area contributed by atoms with Gasteiger partial charge in [-0.3, -0.25) is 0 Å². The van der Waals surface area contributed by atoms with Gasteiger partial charge < -0.3 is 15.1 Å². The van der Waals surface area contributed by atoms with Crippen molar-refractivity contribution in [2.45, 2.75) is 51.6 Å². The van der Waals surface area contributed by atoms with Gasteiger partial charge >= 0.3 is 0 Å². The number of hydrogen-bond acceptors (Lipinski definition) is 6. The molecule has 20 heavy (non-hydrogen) atoms. The molecule has 0 aromatic carbocycles. The van der Waals surface area contributed by atoms with Crippen molar-refractivity contribution in [1.29, 1.82) is 0 Å². The molecule has 0 spiro atoms. The van der Waals surface area contributed by atoms with Crippen LogP contribution in [0.1, 0.15) is 39.5 Å². The monoisotopic (exact) mass is 276 g/mol. The summed E-state index contributed by atoms with van der Waals surface area (Å²) in [7, 11) is 1.86. The van der Waals surface area contributed by atoms with Crippen LogP contribution < -0.4 is 15.1 Å². The van der Waals surface area contributed by atoms with Crippen LogP contribution in [0.2, 0.25) is 0 Å². The molecule has 2 aliphatic rings. The van der Waals surface area contributed by atoms with Gasteiger partial charge in [0.1, 0.15) is 0 Å². The zero-order chi connectivity index (χ0) is 14.1. The smallest absolute Gasteiger partial charge is 0.232 e. The lowest BCUT2D eigenvalue weighted by Crippen LogP contribution is -2.32. The fourth-order valence-corrected chi connectivity index (χ4v) is 3.18. The Morgan fingerprint density at radius 2 is 1.40 bits per heavy atom. The zero-order valence-electron chi connectivity index (χ0n) is 12.6. The third-order valence-electron chi connectivity index (χ3n) is 4.46. The molecule has 0 amide bonds. The Hall–Kier alpha value is -1.59. The van der Waals surface area contributed by atoms with E-state index in [-0.39, 0.29) is 0 Å². The van der Waals surface area contributed by atoms with Gasteiger partial charge in [0.05, 0.1) is 0 Å². The van der Waals surface area contributed by atoms with E-state index in [9.17, 15) is 0 Å². The molecule has 0 radical (unpaired) electrons. The van der Waals surface area contributed by atoms with Crippen molar-refractivity contribution in [3.63, 3.8) is 0 Å². The molecule has 6 nitrogen and oxygen atoms in total. The highest BCUT2D eigenvalue weighted by molar-refractivity contribution is 5.47. The van der Waals surface area contributed by atoms with E-state index in [0.717, 1.165) is 25.0 Å². The molecule has 3 rings (SSSR count). The highest BCUT2D eigenvalue weighted by Crippen LogP contribution is 2.27. The van der Waals surface area contributed by atoms with E-state index in [2.05, 4.69) is 38.9 Å². The van der Waals surface area contributed by atoms with Crippen molar-refractivity contribution < 1.29 is 0 Å². The summed E-state index contributed by atoms with van der Waals surface area (Å²) >= 11 is 0. The molecular weight excluding hydrogens is 252 g/mol. The topological polar surface area (TPSA) is 57.2 Å². The summed E-state index contributed by atoms with van der Waals surface area (Å²) in [4.78, 5) is 18.4. The lowest BCUT2D eigenvalue weighted by molar-refractivity contribution is 0.695. The van der Waals surface area contributed by atoms with Crippen LogP contribution >= 0.6 is 0 Å². The summed E-state index contributed by atoms with van der Waals surface area (Å²) in [6.45, 7) is 6.58. The van der Waals surface area contributed by atoms with E-state index >= 15 is 0 Å². The summed E-state index contributed by atoms with van der Waals surface area (Å²) in [6.07, 6.45) is 4.88. The number of nitrogens with zero attached hydrogens (tertiary/aromatic N) is 5. The molecule has 2 atom stereocenters. The zero-order valence-corrected chi connectivity index (χ0v) is 12.6. The van der Waals surface area contributed by atoms with Crippen LogP contribution in [0.3, 0.4) is 0 Å². The molecule has 2 saturated heterocycles. The summed E-state index contributed by atoms with van der Waals surface area (Å²) in [5.74, 6) is 2.31. The van der Waals surface area contributed by atoms with Gasteiger partial charge in [0, 0.05) is 32.2 Å². The minimum Gasteiger partial charge on any atom is -0.357 e. The first-order chi connectivity index (χ1) is 9.69. The predicted molar refractivity (Wildman–Crippen MR) is 81.5 cm³/mol. The van der Waals surface area contributed by atoms with Gasteiger partial charge in [-0.25, -0.2) is 0 Å². The normalized spacial score (nSPS) is 26.4. The van der Waals surface area contributed by atoms with Gasteiger partial charge in [0.25, 0.3) is 0 Å². The fourth-order valence-electron chi connectivity index (χ4n) is 3.18. The van der Waals surface area contributed by atoms with Gasteiger partial charge in [-0.05, 0) is 39.5 Å². The minimum atomic E-state index is 0.519. The largest absolute Gasteiger partial charge is 0.357 e. The summed E-state index contributed by atoms with van der Waals surface area (Å²) in [5.41, 5.74) is 0. The Kier molecular flexibility index (Phi) is 3.63. The quantitative estimate of drug-likeness (QED) is 0.910. The fraction of sp³-hybridized carbons (Fsp3) is 0.786. The van der Waals surface area contributed by atoms with E-state index in [1.54, 1.807) is 0 Å². The number of anilines is 3. The van der Waals surface area contributed by atoms with Crippen molar-refractivity contribution in [3.8, 4) is 0 Å². The standard InChI is InChI=1S/C14H24N6/c1-10-6-4-8-19(10)13-16-12(15-3)17-14(18-13)20-9-5-7-11(20)2/h10-11H,4-9H2,1-3H3,(H,15,16,17,18). The van der Waals surface area contributed by atoms with E-state index in [1.807, 2.05) is 7.05 Å². The van der Waals surface area contributed by atoms with Crippen LogP contribution in [0.15, 0.2) is 0 Å². The Balaban J connectivity index is 1.94. The van der Waals surface area contributed by atoms with Gasteiger partial charge in [0.2, 0.25) is 17.8 Å². The van der Waals surface area contributed by atoms with Gasteiger partial charge in [-0.1, -0.05) is 0 Å². The first kappa shape index (κ1) is 13.4. The Labute approximate surface area is 120 Å². The lowest BCUT2D eigenvalue weighted by Gasteiger charge is -2.25. The van der Waals surface area contributed by atoms with E-state index in [4.69, 9.17) is 4.98 Å². The SMILES string of the molecule is CNc1nc(N2CCCC2C)nc(N2CCCC2C)n1. The number of aromatic nitrogens is 3. The van der Waals surface area contributed by atoms with Crippen LogP contribution in [-0.2, 0) is 0 Å². The molecule has 2 fully saturated rings. The van der Waals surface area contributed by atoms with Crippen molar-refractivity contribution in [2.24, 2.45) is 0 Å². The van der Waals surface area contributed by atoms with Crippen molar-refractivity contribution in [1.82, 2.24) is 15.0 Å². The molecule has 3 heterocycles. The molecule has 6 heteroatoms. The van der Waals surface area contributed by atoms with E-state index < -0.39 is 0 Å². The molecule has 1 N–H and O–H groups in total. The molecule has 2 unspecified atom stereocenters. The highest BCUT2D eigenvalue weighted by atomic mass is 15.4. The van der Waals surface area contributed by atoms with Gasteiger partial charge in [0.15, 0.2) is 0 Å². The number of nitrogens with one attached hydrogen (secondary N) is 1. The second kappa shape index (κ2) is 5.42. The maximum Gasteiger partial charge on any atom is 0.232 e. The van der Waals surface area contributed by atoms with Crippen LogP contribution in [0, 0.1) is 0 Å². The Morgan fingerprint density at radius 3 is 1.75 bits per heavy atom. The third-order valence-corrected chi connectivity index (χ3v) is 4.46. The second-order valence-corrected chi connectivity index (χ2v) is 5.88. The molecule has 0 bridgehead atoms. The van der Waals surface area contributed by atoms with Crippen LogP contribution in [-0.4, -0.2) is 47.2 Å². The molecule has 2 aliphatic heterocycles. The first-order valence-electron chi connectivity index (χ1n) is 7.66. The van der Waals surface area contributed by atoms with Gasteiger partial charge in [-0.2, -0.15) is 15.0 Å². The van der Waals surface area contributed by atoms with Crippen molar-refractivity contribution in [2.75, 3.05) is 35.3 Å². The summed E-state index contributed by atoms with van der Waals surface area (Å²) < 4.78 is 0. The minimum absolute atomic E-state index is 0.519. The molecule has 1 aromatic heterocycles. The molecular formula is C14H24N6. The molecule has 1 aromatic rings. The molecule has 0 saturated carbocycles. The number of hydrogen-bond donors (Lipinski definition) is 1. The first-order valence-corrected chi connectivity index (χ1v) is 7.66. The predicted octanol–water partition coefficient (Wildman–Crippen LogP) is 1.89. The highest BCUT2D eigenvalue weighted by Gasteiger charge is 2.27.